The zero-order valence-corrected chi connectivity index (χ0v) is 15.1. The molecule has 0 unspecified atom stereocenters. The van der Waals surface area contributed by atoms with Gasteiger partial charge in [0.05, 0.1) is 24.8 Å². The molecule has 3 aromatic rings. The van der Waals surface area contributed by atoms with E-state index in [9.17, 15) is 4.79 Å². The number of carbonyl (C=O) groups excluding carboxylic acids is 1. The van der Waals surface area contributed by atoms with Crippen LogP contribution in [0.5, 0.6) is 0 Å². The molecular weight excluding hydrogens is 342 g/mol. The van der Waals surface area contributed by atoms with Crippen LogP contribution in [0.4, 0.5) is 0 Å². The first-order valence-electron chi connectivity index (χ1n) is 9.18. The third kappa shape index (κ3) is 3.78. The van der Waals surface area contributed by atoms with Gasteiger partial charge in [0.2, 0.25) is 5.91 Å². The zero-order valence-electron chi connectivity index (χ0n) is 15.1. The molecule has 0 spiro atoms. The summed E-state index contributed by atoms with van der Waals surface area (Å²) in [5.41, 5.74) is 0.430. The van der Waals surface area contributed by atoms with E-state index in [1.807, 2.05) is 47.3 Å². The molecule has 0 aromatic carbocycles. The summed E-state index contributed by atoms with van der Waals surface area (Å²) in [5.74, 6) is 0.756. The first-order valence-corrected chi connectivity index (χ1v) is 9.18. The van der Waals surface area contributed by atoms with E-state index in [4.69, 9.17) is 4.42 Å². The lowest BCUT2D eigenvalue weighted by Gasteiger charge is -2.41. The number of rotatable bonds is 6. The Bertz CT molecular complexity index is 838. The van der Waals surface area contributed by atoms with Crippen LogP contribution in [-0.2, 0) is 23.4 Å². The molecule has 1 aliphatic rings. The van der Waals surface area contributed by atoms with Crippen molar-refractivity contribution in [3.63, 3.8) is 0 Å². The van der Waals surface area contributed by atoms with Crippen LogP contribution in [0.2, 0.25) is 0 Å². The molecule has 1 saturated heterocycles. The average Bonchev–Trinajstić information content (AvgIpc) is 3.42. The first-order chi connectivity index (χ1) is 13.3. The number of amides is 1. The number of furan rings is 1. The second-order valence-corrected chi connectivity index (χ2v) is 6.86. The highest BCUT2D eigenvalue weighted by molar-refractivity contribution is 5.84. The molecule has 1 aliphatic heterocycles. The largest absolute Gasteiger partial charge is 0.467 e. The maximum Gasteiger partial charge on any atom is 0.246 e. The van der Waals surface area contributed by atoms with E-state index >= 15 is 0 Å². The molecule has 27 heavy (non-hydrogen) atoms. The molecule has 0 saturated carbocycles. The Balaban J connectivity index is 1.45. The molecule has 4 rings (SSSR count). The van der Waals surface area contributed by atoms with Crippen molar-refractivity contribution in [1.29, 1.82) is 0 Å². The Kier molecular flexibility index (Phi) is 5.02. The maximum atomic E-state index is 13.1. The van der Waals surface area contributed by atoms with Crippen LogP contribution in [0.25, 0.3) is 0 Å². The smallest absolute Gasteiger partial charge is 0.246 e. The van der Waals surface area contributed by atoms with E-state index in [1.54, 1.807) is 18.8 Å². The summed E-state index contributed by atoms with van der Waals surface area (Å²) < 4.78 is 7.28. The van der Waals surface area contributed by atoms with Crippen molar-refractivity contribution < 1.29 is 9.21 Å². The Morgan fingerprint density at radius 3 is 2.74 bits per heavy atom. The van der Waals surface area contributed by atoms with Crippen molar-refractivity contribution in [2.24, 2.45) is 0 Å². The average molecular weight is 365 g/mol. The second-order valence-electron chi connectivity index (χ2n) is 6.86. The molecule has 0 atom stereocenters. The van der Waals surface area contributed by atoms with Crippen molar-refractivity contribution >= 4 is 5.91 Å². The quantitative estimate of drug-likeness (QED) is 0.725. The number of aromatic nitrogens is 3. The topological polar surface area (TPSA) is 76.2 Å². The Hall–Kier alpha value is -2.93. The van der Waals surface area contributed by atoms with Crippen LogP contribution >= 0.6 is 0 Å². The minimum atomic E-state index is -0.621. The standard InChI is InChI=1S/C20H23N5O2/c26-19(23-14-18-5-3-13-27-18)20(25-12-9-21-16-25)6-10-24(11-7-20)15-17-4-1-2-8-22-17/h1-5,8-9,12-13,16H,6-7,10-11,14-15H2,(H,23,26). The Morgan fingerprint density at radius 2 is 2.07 bits per heavy atom. The van der Waals surface area contributed by atoms with Crippen molar-refractivity contribution in [1.82, 2.24) is 24.8 Å². The second kappa shape index (κ2) is 7.75. The Morgan fingerprint density at radius 1 is 1.19 bits per heavy atom. The molecule has 1 fully saturated rings. The number of carbonyl (C=O) groups is 1. The normalized spacial score (nSPS) is 16.9. The number of hydrogen-bond acceptors (Lipinski definition) is 5. The van der Waals surface area contributed by atoms with Crippen LogP contribution in [0.1, 0.15) is 24.3 Å². The summed E-state index contributed by atoms with van der Waals surface area (Å²) in [6.45, 7) is 2.83. The summed E-state index contributed by atoms with van der Waals surface area (Å²) in [7, 11) is 0. The molecule has 7 nitrogen and oxygen atoms in total. The third-order valence-corrected chi connectivity index (χ3v) is 5.22. The lowest BCUT2D eigenvalue weighted by molar-refractivity contribution is -0.133. The summed E-state index contributed by atoms with van der Waals surface area (Å²) in [5, 5.41) is 3.04. The van der Waals surface area contributed by atoms with Crippen LogP contribution in [0, 0.1) is 0 Å². The predicted molar refractivity (Wildman–Crippen MR) is 99.5 cm³/mol. The van der Waals surface area contributed by atoms with Gasteiger partial charge in [0.1, 0.15) is 11.3 Å². The minimum absolute atomic E-state index is 0.00869. The molecule has 7 heteroatoms. The highest BCUT2D eigenvalue weighted by Gasteiger charge is 2.42. The number of hydrogen-bond donors (Lipinski definition) is 1. The fourth-order valence-corrected chi connectivity index (χ4v) is 3.66. The number of pyridine rings is 1. The maximum absolute atomic E-state index is 13.1. The van der Waals surface area contributed by atoms with Crippen LogP contribution in [-0.4, -0.2) is 38.4 Å². The van der Waals surface area contributed by atoms with Gasteiger partial charge in [-0.3, -0.25) is 14.7 Å². The van der Waals surface area contributed by atoms with E-state index in [2.05, 4.69) is 20.2 Å². The van der Waals surface area contributed by atoms with E-state index in [1.165, 1.54) is 0 Å². The summed E-state index contributed by atoms with van der Waals surface area (Å²) in [6.07, 6.45) is 10.2. The number of nitrogens with zero attached hydrogens (tertiary/aromatic N) is 4. The van der Waals surface area contributed by atoms with Gasteiger partial charge in [-0.1, -0.05) is 6.07 Å². The number of piperidine rings is 1. The van der Waals surface area contributed by atoms with E-state index in [0.29, 0.717) is 6.54 Å². The lowest BCUT2D eigenvalue weighted by Crippen LogP contribution is -2.54. The SMILES string of the molecule is O=C(NCc1ccco1)C1(n2ccnc2)CCN(Cc2ccccn2)CC1. The van der Waals surface area contributed by atoms with Gasteiger partial charge in [0.15, 0.2) is 0 Å². The number of nitrogens with one attached hydrogen (secondary N) is 1. The predicted octanol–water partition coefficient (Wildman–Crippen LogP) is 2.18. The summed E-state index contributed by atoms with van der Waals surface area (Å²) >= 11 is 0. The van der Waals surface area contributed by atoms with Gasteiger partial charge in [0, 0.05) is 38.2 Å². The molecule has 4 heterocycles. The monoisotopic (exact) mass is 365 g/mol. The third-order valence-electron chi connectivity index (χ3n) is 5.22. The number of imidazole rings is 1. The van der Waals surface area contributed by atoms with Gasteiger partial charge in [-0.2, -0.15) is 0 Å². The van der Waals surface area contributed by atoms with Crippen molar-refractivity contribution in [3.05, 3.63) is 73.0 Å². The zero-order chi connectivity index (χ0) is 18.5. The van der Waals surface area contributed by atoms with Gasteiger partial charge in [0.25, 0.3) is 0 Å². The molecule has 0 radical (unpaired) electrons. The van der Waals surface area contributed by atoms with Gasteiger partial charge in [-0.15, -0.1) is 0 Å². The van der Waals surface area contributed by atoms with Gasteiger partial charge >= 0.3 is 0 Å². The Labute approximate surface area is 158 Å². The van der Waals surface area contributed by atoms with Gasteiger partial charge in [-0.25, -0.2) is 4.98 Å². The molecule has 0 aliphatic carbocycles. The fraction of sp³-hybridized carbons (Fsp3) is 0.350. The molecule has 3 aromatic heterocycles. The number of likely N-dealkylation sites (tertiary alicyclic amines) is 1. The molecule has 1 N–H and O–H groups in total. The minimum Gasteiger partial charge on any atom is -0.467 e. The lowest BCUT2D eigenvalue weighted by atomic mass is 9.86. The van der Waals surface area contributed by atoms with E-state index in [0.717, 1.165) is 43.9 Å². The fourth-order valence-electron chi connectivity index (χ4n) is 3.66. The van der Waals surface area contributed by atoms with Crippen LogP contribution in [0.15, 0.2) is 65.9 Å². The molecule has 140 valence electrons. The van der Waals surface area contributed by atoms with E-state index in [-0.39, 0.29) is 5.91 Å². The summed E-state index contributed by atoms with van der Waals surface area (Å²) in [6, 6.07) is 9.65. The highest BCUT2D eigenvalue weighted by Crippen LogP contribution is 2.31. The van der Waals surface area contributed by atoms with Crippen LogP contribution < -0.4 is 5.32 Å². The molecule has 0 bridgehead atoms. The van der Waals surface area contributed by atoms with Crippen LogP contribution in [0.3, 0.4) is 0 Å². The van der Waals surface area contributed by atoms with Gasteiger partial charge in [-0.05, 0) is 37.1 Å². The van der Waals surface area contributed by atoms with Crippen molar-refractivity contribution in [3.8, 4) is 0 Å². The van der Waals surface area contributed by atoms with Crippen molar-refractivity contribution in [2.45, 2.75) is 31.5 Å². The molecular formula is C20H23N5O2. The summed E-state index contributed by atoms with van der Waals surface area (Å²) in [4.78, 5) is 24.1. The van der Waals surface area contributed by atoms with E-state index < -0.39 is 5.54 Å². The highest BCUT2D eigenvalue weighted by atomic mass is 16.3. The van der Waals surface area contributed by atoms with Crippen molar-refractivity contribution in [2.75, 3.05) is 13.1 Å². The molecule has 1 amide bonds. The van der Waals surface area contributed by atoms with Gasteiger partial charge < -0.3 is 14.3 Å². The first kappa shape index (κ1) is 17.5.